The first kappa shape index (κ1) is 16.5. The Bertz CT molecular complexity index is 419. The topological polar surface area (TPSA) is 50.4 Å². The van der Waals surface area contributed by atoms with Crippen molar-refractivity contribution >= 4 is 11.6 Å². The van der Waals surface area contributed by atoms with Gasteiger partial charge in [0.2, 0.25) is 5.91 Å². The van der Waals surface area contributed by atoms with Gasteiger partial charge in [0.1, 0.15) is 6.04 Å². The van der Waals surface area contributed by atoms with Gasteiger partial charge in [-0.2, -0.15) is 0 Å². The first-order chi connectivity index (χ1) is 9.54. The highest BCUT2D eigenvalue weighted by molar-refractivity contribution is 5.84. The number of anilines is 1. The Kier molecular flexibility index (Phi) is 7.09. The summed E-state index contributed by atoms with van der Waals surface area (Å²) in [6, 6.07) is 7.61. The Morgan fingerprint density at radius 2 is 1.95 bits per heavy atom. The predicted octanol–water partition coefficient (Wildman–Crippen LogP) is 2.80. The van der Waals surface area contributed by atoms with Gasteiger partial charge >= 0.3 is 0 Å². The molecule has 0 aliphatic rings. The Hall–Kier alpha value is -1.55. The molecule has 0 aliphatic heterocycles. The van der Waals surface area contributed by atoms with Crippen LogP contribution in [0.25, 0.3) is 0 Å². The fourth-order valence-corrected chi connectivity index (χ4v) is 1.88. The van der Waals surface area contributed by atoms with Crippen molar-refractivity contribution in [2.75, 3.05) is 19.0 Å². The highest BCUT2D eigenvalue weighted by Crippen LogP contribution is 2.16. The summed E-state index contributed by atoms with van der Waals surface area (Å²) in [6.07, 6.45) is 0.999. The second-order valence-electron chi connectivity index (χ2n) is 5.43. The van der Waals surface area contributed by atoms with Crippen LogP contribution in [0.5, 0.6) is 0 Å². The van der Waals surface area contributed by atoms with Gasteiger partial charge in [0.25, 0.3) is 0 Å². The minimum absolute atomic E-state index is 0.0258. The molecule has 0 spiro atoms. The zero-order chi connectivity index (χ0) is 15.0. The molecular formula is C16H26N2O2. The van der Waals surface area contributed by atoms with Gasteiger partial charge in [-0.3, -0.25) is 4.79 Å². The van der Waals surface area contributed by atoms with E-state index in [1.165, 1.54) is 0 Å². The molecule has 0 aliphatic carbocycles. The summed E-state index contributed by atoms with van der Waals surface area (Å²) in [5.74, 6) is 0.624. The van der Waals surface area contributed by atoms with E-state index >= 15 is 0 Å². The molecule has 1 unspecified atom stereocenters. The van der Waals surface area contributed by atoms with E-state index in [1.807, 2.05) is 31.2 Å². The standard InChI is InChI=1S/C16H26N2O2/c1-12(2)9-10-17-16(19)13(3)18-15-8-6-5-7-14(15)11-20-4/h5-8,12-13,18H,9-11H2,1-4H3,(H,17,19). The predicted molar refractivity (Wildman–Crippen MR) is 82.7 cm³/mol. The maximum Gasteiger partial charge on any atom is 0.242 e. The van der Waals surface area contributed by atoms with E-state index in [9.17, 15) is 4.79 Å². The lowest BCUT2D eigenvalue weighted by Crippen LogP contribution is -2.38. The zero-order valence-electron chi connectivity index (χ0n) is 12.9. The number of amides is 1. The Morgan fingerprint density at radius 3 is 2.60 bits per heavy atom. The van der Waals surface area contributed by atoms with Crippen molar-refractivity contribution < 1.29 is 9.53 Å². The normalized spacial score (nSPS) is 12.2. The monoisotopic (exact) mass is 278 g/mol. The molecule has 0 heterocycles. The van der Waals surface area contributed by atoms with E-state index in [4.69, 9.17) is 4.74 Å². The largest absolute Gasteiger partial charge is 0.380 e. The molecule has 0 aromatic heterocycles. The summed E-state index contributed by atoms with van der Waals surface area (Å²) in [5, 5.41) is 6.19. The van der Waals surface area contributed by atoms with Gasteiger partial charge in [-0.15, -0.1) is 0 Å². The Balaban J connectivity index is 2.52. The number of rotatable bonds is 8. The SMILES string of the molecule is COCc1ccccc1NC(C)C(=O)NCCC(C)C. The van der Waals surface area contributed by atoms with Crippen LogP contribution in [-0.2, 0) is 16.1 Å². The molecule has 4 nitrogen and oxygen atoms in total. The number of para-hydroxylation sites is 1. The molecule has 20 heavy (non-hydrogen) atoms. The lowest BCUT2D eigenvalue weighted by molar-refractivity contribution is -0.121. The number of carbonyl (C=O) groups excluding carboxylic acids is 1. The van der Waals surface area contributed by atoms with Crippen LogP contribution < -0.4 is 10.6 Å². The third kappa shape index (κ3) is 5.61. The van der Waals surface area contributed by atoms with Gasteiger partial charge in [0.15, 0.2) is 0 Å². The average Bonchev–Trinajstić information content (AvgIpc) is 2.40. The minimum atomic E-state index is -0.264. The number of carbonyl (C=O) groups is 1. The minimum Gasteiger partial charge on any atom is -0.380 e. The summed E-state index contributed by atoms with van der Waals surface area (Å²) in [6.45, 7) is 7.42. The van der Waals surface area contributed by atoms with E-state index < -0.39 is 0 Å². The quantitative estimate of drug-likeness (QED) is 0.769. The Labute approximate surface area is 121 Å². The summed E-state index contributed by atoms with van der Waals surface area (Å²) in [4.78, 5) is 12.0. The van der Waals surface area contributed by atoms with Crippen molar-refractivity contribution in [1.82, 2.24) is 5.32 Å². The summed E-state index contributed by atoms with van der Waals surface area (Å²) in [7, 11) is 1.67. The second kappa shape index (κ2) is 8.59. The van der Waals surface area contributed by atoms with E-state index in [0.29, 0.717) is 12.5 Å². The van der Waals surface area contributed by atoms with Gasteiger partial charge in [0.05, 0.1) is 6.61 Å². The van der Waals surface area contributed by atoms with Crippen molar-refractivity contribution in [1.29, 1.82) is 0 Å². The van der Waals surface area contributed by atoms with Crippen molar-refractivity contribution in [3.8, 4) is 0 Å². The maximum absolute atomic E-state index is 12.0. The van der Waals surface area contributed by atoms with Crippen molar-refractivity contribution in [3.05, 3.63) is 29.8 Å². The smallest absolute Gasteiger partial charge is 0.242 e. The lowest BCUT2D eigenvalue weighted by atomic mass is 10.1. The Morgan fingerprint density at radius 1 is 1.25 bits per heavy atom. The number of ether oxygens (including phenoxy) is 1. The molecule has 2 N–H and O–H groups in total. The molecule has 0 fully saturated rings. The van der Waals surface area contributed by atoms with Gasteiger partial charge in [-0.25, -0.2) is 0 Å². The lowest BCUT2D eigenvalue weighted by Gasteiger charge is -2.18. The van der Waals surface area contributed by atoms with E-state index in [2.05, 4.69) is 24.5 Å². The molecule has 1 aromatic carbocycles. The zero-order valence-corrected chi connectivity index (χ0v) is 12.9. The average molecular weight is 278 g/mol. The van der Waals surface area contributed by atoms with Crippen molar-refractivity contribution in [3.63, 3.8) is 0 Å². The first-order valence-corrected chi connectivity index (χ1v) is 7.15. The van der Waals surface area contributed by atoms with Crippen LogP contribution in [0.15, 0.2) is 24.3 Å². The van der Waals surface area contributed by atoms with E-state index in [-0.39, 0.29) is 11.9 Å². The van der Waals surface area contributed by atoms with Crippen molar-refractivity contribution in [2.45, 2.75) is 39.8 Å². The fraction of sp³-hybridized carbons (Fsp3) is 0.562. The van der Waals surface area contributed by atoms with Crippen LogP contribution in [0.4, 0.5) is 5.69 Å². The van der Waals surface area contributed by atoms with Crippen LogP contribution in [0.2, 0.25) is 0 Å². The fourth-order valence-electron chi connectivity index (χ4n) is 1.88. The summed E-state index contributed by atoms with van der Waals surface area (Å²) < 4.78 is 5.16. The van der Waals surface area contributed by atoms with Crippen LogP contribution in [-0.4, -0.2) is 25.6 Å². The number of methoxy groups -OCH3 is 1. The highest BCUT2D eigenvalue weighted by Gasteiger charge is 2.13. The van der Waals surface area contributed by atoms with Gasteiger partial charge in [-0.1, -0.05) is 32.0 Å². The molecule has 112 valence electrons. The van der Waals surface area contributed by atoms with Crippen molar-refractivity contribution in [2.24, 2.45) is 5.92 Å². The summed E-state index contributed by atoms with van der Waals surface area (Å²) >= 11 is 0. The number of hydrogen-bond donors (Lipinski definition) is 2. The third-order valence-corrected chi connectivity index (χ3v) is 3.10. The van der Waals surface area contributed by atoms with Crippen LogP contribution >= 0.6 is 0 Å². The summed E-state index contributed by atoms with van der Waals surface area (Å²) in [5.41, 5.74) is 2.00. The second-order valence-corrected chi connectivity index (χ2v) is 5.43. The molecule has 0 saturated heterocycles. The van der Waals surface area contributed by atoms with Gasteiger partial charge in [0, 0.05) is 24.9 Å². The number of hydrogen-bond acceptors (Lipinski definition) is 3. The number of benzene rings is 1. The molecular weight excluding hydrogens is 252 g/mol. The number of nitrogens with one attached hydrogen (secondary N) is 2. The third-order valence-electron chi connectivity index (χ3n) is 3.10. The molecule has 1 aromatic rings. The molecule has 0 bridgehead atoms. The van der Waals surface area contributed by atoms with E-state index in [0.717, 1.165) is 24.2 Å². The molecule has 1 atom stereocenters. The van der Waals surface area contributed by atoms with E-state index in [1.54, 1.807) is 7.11 Å². The molecule has 4 heteroatoms. The van der Waals surface area contributed by atoms with Crippen LogP contribution in [0.3, 0.4) is 0 Å². The maximum atomic E-state index is 12.0. The molecule has 1 amide bonds. The van der Waals surface area contributed by atoms with Gasteiger partial charge < -0.3 is 15.4 Å². The molecule has 0 radical (unpaired) electrons. The molecule has 0 saturated carbocycles. The highest BCUT2D eigenvalue weighted by atomic mass is 16.5. The van der Waals surface area contributed by atoms with Crippen LogP contribution in [0, 0.1) is 5.92 Å². The first-order valence-electron chi connectivity index (χ1n) is 7.15. The van der Waals surface area contributed by atoms with Gasteiger partial charge in [-0.05, 0) is 25.3 Å². The van der Waals surface area contributed by atoms with Crippen LogP contribution in [0.1, 0.15) is 32.8 Å². The molecule has 1 rings (SSSR count).